The van der Waals surface area contributed by atoms with Crippen LogP contribution >= 0.6 is 11.6 Å². The van der Waals surface area contributed by atoms with Gasteiger partial charge in [-0.1, -0.05) is 29.8 Å². The van der Waals surface area contributed by atoms with Gasteiger partial charge in [-0.05, 0) is 48.7 Å². The van der Waals surface area contributed by atoms with Gasteiger partial charge in [0.15, 0.2) is 0 Å². The third-order valence-corrected chi connectivity index (χ3v) is 3.51. The van der Waals surface area contributed by atoms with E-state index in [0.29, 0.717) is 6.54 Å². The molecule has 5 heteroatoms. The number of anilines is 1. The molecular weight excluding hydrogens is 296 g/mol. The van der Waals surface area contributed by atoms with Gasteiger partial charge >= 0.3 is 6.61 Å². The number of ether oxygens (including phenoxy) is 1. The van der Waals surface area contributed by atoms with Gasteiger partial charge in [0.05, 0.1) is 5.02 Å². The summed E-state index contributed by atoms with van der Waals surface area (Å²) in [7, 11) is 0. The van der Waals surface area contributed by atoms with Crippen molar-refractivity contribution in [2.45, 2.75) is 27.0 Å². The summed E-state index contributed by atoms with van der Waals surface area (Å²) in [6.45, 7) is 1.88. The maximum absolute atomic E-state index is 12.1. The average Bonchev–Trinajstić information content (AvgIpc) is 2.42. The van der Waals surface area contributed by atoms with Crippen molar-refractivity contribution in [1.29, 1.82) is 0 Å². The third kappa shape index (κ3) is 4.33. The van der Waals surface area contributed by atoms with Crippen LogP contribution in [-0.2, 0) is 6.54 Å². The van der Waals surface area contributed by atoms with Crippen molar-refractivity contribution in [1.82, 2.24) is 0 Å². The Bertz CT molecular complexity index is 632. The van der Waals surface area contributed by atoms with Crippen LogP contribution in [0.2, 0.25) is 5.02 Å². The van der Waals surface area contributed by atoms with Crippen LogP contribution in [0.15, 0.2) is 36.4 Å². The van der Waals surface area contributed by atoms with E-state index in [9.17, 15) is 8.78 Å². The van der Waals surface area contributed by atoms with Crippen molar-refractivity contribution in [3.05, 3.63) is 58.1 Å². The molecule has 0 saturated carbocycles. The maximum atomic E-state index is 12.1. The molecule has 0 atom stereocenters. The zero-order chi connectivity index (χ0) is 15.4. The lowest BCUT2D eigenvalue weighted by molar-refractivity contribution is -0.0497. The number of halogens is 3. The van der Waals surface area contributed by atoms with E-state index < -0.39 is 6.61 Å². The van der Waals surface area contributed by atoms with E-state index >= 15 is 0 Å². The smallest absolute Gasteiger partial charge is 0.387 e. The highest BCUT2D eigenvalue weighted by Gasteiger charge is 2.09. The summed E-state index contributed by atoms with van der Waals surface area (Å²) in [5.41, 5.74) is 4.37. The first kappa shape index (κ1) is 15.6. The quantitative estimate of drug-likeness (QED) is 0.822. The Morgan fingerprint density at radius 3 is 2.48 bits per heavy atom. The molecule has 0 radical (unpaired) electrons. The molecule has 0 bridgehead atoms. The second-order valence-corrected chi connectivity index (χ2v) is 5.20. The number of aryl methyl sites for hydroxylation is 2. The minimum Gasteiger partial charge on any atom is -0.433 e. The predicted molar refractivity (Wildman–Crippen MR) is 81.3 cm³/mol. The van der Waals surface area contributed by atoms with Gasteiger partial charge in [-0.3, -0.25) is 0 Å². The van der Waals surface area contributed by atoms with Crippen molar-refractivity contribution in [3.63, 3.8) is 0 Å². The lowest BCUT2D eigenvalue weighted by Gasteiger charge is -2.11. The Hall–Kier alpha value is -1.81. The zero-order valence-electron chi connectivity index (χ0n) is 11.8. The summed E-state index contributed by atoms with van der Waals surface area (Å²) in [6, 6.07) is 10.9. The Morgan fingerprint density at radius 2 is 1.86 bits per heavy atom. The second kappa shape index (κ2) is 6.76. The molecule has 0 amide bonds. The average molecular weight is 312 g/mol. The molecule has 21 heavy (non-hydrogen) atoms. The summed E-state index contributed by atoms with van der Waals surface area (Å²) in [6.07, 6.45) is 0. The fourth-order valence-electron chi connectivity index (χ4n) is 1.92. The van der Waals surface area contributed by atoms with Crippen LogP contribution in [0.5, 0.6) is 5.75 Å². The first-order valence-electron chi connectivity index (χ1n) is 6.50. The van der Waals surface area contributed by atoms with Crippen molar-refractivity contribution in [2.24, 2.45) is 0 Å². The molecule has 0 spiro atoms. The minimum atomic E-state index is -2.88. The number of rotatable bonds is 5. The molecule has 0 aliphatic rings. The summed E-state index contributed by atoms with van der Waals surface area (Å²) in [4.78, 5) is 0. The highest BCUT2D eigenvalue weighted by atomic mass is 35.5. The normalized spacial score (nSPS) is 10.8. The summed E-state index contributed by atoms with van der Waals surface area (Å²) in [5, 5.41) is 3.35. The highest BCUT2D eigenvalue weighted by Crippen LogP contribution is 2.29. The molecule has 0 aromatic heterocycles. The van der Waals surface area contributed by atoms with Crippen molar-refractivity contribution < 1.29 is 13.5 Å². The molecule has 2 rings (SSSR count). The van der Waals surface area contributed by atoms with Gasteiger partial charge < -0.3 is 10.1 Å². The van der Waals surface area contributed by atoms with Crippen molar-refractivity contribution >= 4 is 17.3 Å². The van der Waals surface area contributed by atoms with Crippen LogP contribution in [0.4, 0.5) is 14.5 Å². The molecule has 0 aliphatic carbocycles. The third-order valence-electron chi connectivity index (χ3n) is 3.22. The van der Waals surface area contributed by atoms with Gasteiger partial charge in [0.25, 0.3) is 0 Å². The fourth-order valence-corrected chi connectivity index (χ4v) is 2.15. The van der Waals surface area contributed by atoms with E-state index in [0.717, 1.165) is 11.3 Å². The SMILES string of the molecule is Cc1ccc(CNc2ccc(OC(F)F)c(Cl)c2)cc1C. The van der Waals surface area contributed by atoms with Crippen LogP contribution in [0, 0.1) is 13.8 Å². The maximum Gasteiger partial charge on any atom is 0.387 e. The number of benzene rings is 2. The Morgan fingerprint density at radius 1 is 1.10 bits per heavy atom. The van der Waals surface area contributed by atoms with E-state index in [1.807, 2.05) is 6.07 Å². The van der Waals surface area contributed by atoms with Gasteiger partial charge in [-0.2, -0.15) is 8.78 Å². The van der Waals surface area contributed by atoms with Gasteiger partial charge in [0.1, 0.15) is 5.75 Å². The Kier molecular flexibility index (Phi) is 5.02. The highest BCUT2D eigenvalue weighted by molar-refractivity contribution is 6.32. The van der Waals surface area contributed by atoms with E-state index in [4.69, 9.17) is 11.6 Å². The van der Waals surface area contributed by atoms with Gasteiger partial charge in [-0.25, -0.2) is 0 Å². The molecule has 0 saturated heterocycles. The molecule has 0 fully saturated rings. The first-order valence-corrected chi connectivity index (χ1v) is 6.88. The number of hydrogen-bond donors (Lipinski definition) is 1. The standard InChI is InChI=1S/C16H16ClF2NO/c1-10-3-4-12(7-11(10)2)9-20-13-5-6-15(14(17)8-13)21-16(18)19/h3-8,16,20H,9H2,1-2H3. The van der Waals surface area contributed by atoms with Crippen molar-refractivity contribution in [2.75, 3.05) is 5.32 Å². The minimum absolute atomic E-state index is 0.0246. The van der Waals surface area contributed by atoms with E-state index in [-0.39, 0.29) is 10.8 Å². The molecular formula is C16H16ClF2NO. The Labute approximate surface area is 127 Å². The molecule has 0 unspecified atom stereocenters. The zero-order valence-corrected chi connectivity index (χ0v) is 12.5. The molecule has 2 nitrogen and oxygen atoms in total. The molecule has 1 N–H and O–H groups in total. The van der Waals surface area contributed by atoms with E-state index in [1.54, 1.807) is 12.1 Å². The number of hydrogen-bond acceptors (Lipinski definition) is 2. The molecule has 112 valence electrons. The first-order chi connectivity index (χ1) is 9.95. The van der Waals surface area contributed by atoms with Gasteiger partial charge in [0.2, 0.25) is 0 Å². The largest absolute Gasteiger partial charge is 0.433 e. The monoisotopic (exact) mass is 311 g/mol. The van der Waals surface area contributed by atoms with Crippen LogP contribution in [0.25, 0.3) is 0 Å². The molecule has 0 heterocycles. The lowest BCUT2D eigenvalue weighted by atomic mass is 10.1. The van der Waals surface area contributed by atoms with Crippen LogP contribution in [0.1, 0.15) is 16.7 Å². The summed E-state index contributed by atoms with van der Waals surface area (Å²) in [5.74, 6) is -0.0246. The number of nitrogens with one attached hydrogen (secondary N) is 1. The van der Waals surface area contributed by atoms with Crippen LogP contribution in [-0.4, -0.2) is 6.61 Å². The van der Waals surface area contributed by atoms with Crippen LogP contribution < -0.4 is 10.1 Å². The van der Waals surface area contributed by atoms with E-state index in [1.165, 1.54) is 17.2 Å². The molecule has 2 aromatic rings. The van der Waals surface area contributed by atoms with Crippen LogP contribution in [0.3, 0.4) is 0 Å². The van der Waals surface area contributed by atoms with Gasteiger partial charge in [-0.15, -0.1) is 0 Å². The fraction of sp³-hybridized carbons (Fsp3) is 0.250. The molecule has 0 aliphatic heterocycles. The second-order valence-electron chi connectivity index (χ2n) is 4.80. The van der Waals surface area contributed by atoms with E-state index in [2.05, 4.69) is 36.0 Å². The molecule has 2 aromatic carbocycles. The summed E-state index contributed by atoms with van der Waals surface area (Å²) >= 11 is 5.90. The van der Waals surface area contributed by atoms with Crippen molar-refractivity contribution in [3.8, 4) is 5.75 Å². The topological polar surface area (TPSA) is 21.3 Å². The predicted octanol–water partition coefficient (Wildman–Crippen LogP) is 5.17. The van der Waals surface area contributed by atoms with Gasteiger partial charge in [0, 0.05) is 12.2 Å². The Balaban J connectivity index is 2.03. The number of alkyl halides is 2. The summed E-state index contributed by atoms with van der Waals surface area (Å²) < 4.78 is 28.6. The lowest BCUT2D eigenvalue weighted by Crippen LogP contribution is -2.03.